The van der Waals surface area contributed by atoms with Crippen LogP contribution >= 0.6 is 0 Å². The minimum atomic E-state index is -0.837. The summed E-state index contributed by atoms with van der Waals surface area (Å²) >= 11 is 0. The molecule has 0 spiro atoms. The van der Waals surface area contributed by atoms with Crippen molar-refractivity contribution in [3.05, 3.63) is 59.7 Å². The zero-order chi connectivity index (χ0) is 24.6. The SMILES string of the molecule is CCC[C@H](NC(=O)OCC1c2ccccc2-c2ccccc21)C(=O)N1CC2CCCC2(C(=O)O)C1. The number of rotatable bonds is 7. The van der Waals surface area contributed by atoms with Crippen LogP contribution < -0.4 is 5.32 Å². The number of hydrogen-bond donors (Lipinski definition) is 2. The number of ether oxygens (including phenoxy) is 1. The van der Waals surface area contributed by atoms with Crippen LogP contribution in [0.5, 0.6) is 0 Å². The molecule has 3 aliphatic rings. The lowest BCUT2D eigenvalue weighted by Gasteiger charge is -2.26. The molecule has 1 saturated carbocycles. The van der Waals surface area contributed by atoms with Crippen molar-refractivity contribution in [1.82, 2.24) is 10.2 Å². The van der Waals surface area contributed by atoms with E-state index >= 15 is 0 Å². The molecule has 1 saturated heterocycles. The van der Waals surface area contributed by atoms with Gasteiger partial charge in [0.15, 0.2) is 0 Å². The van der Waals surface area contributed by atoms with E-state index in [0.717, 1.165) is 35.1 Å². The predicted octanol–water partition coefficient (Wildman–Crippen LogP) is 4.41. The normalized spacial score (nSPS) is 23.3. The van der Waals surface area contributed by atoms with E-state index in [9.17, 15) is 19.5 Å². The molecule has 2 fully saturated rings. The van der Waals surface area contributed by atoms with E-state index in [4.69, 9.17) is 4.74 Å². The van der Waals surface area contributed by atoms with Crippen LogP contribution in [0.4, 0.5) is 4.79 Å². The molecular formula is C28H32N2O5. The Kier molecular flexibility index (Phi) is 6.26. The molecule has 2 amide bonds. The van der Waals surface area contributed by atoms with Crippen molar-refractivity contribution < 1.29 is 24.2 Å². The van der Waals surface area contributed by atoms with Crippen LogP contribution in [0.25, 0.3) is 11.1 Å². The number of carbonyl (C=O) groups is 3. The maximum Gasteiger partial charge on any atom is 0.407 e. The van der Waals surface area contributed by atoms with Gasteiger partial charge in [0, 0.05) is 19.0 Å². The number of fused-ring (bicyclic) bond motifs is 4. The molecule has 35 heavy (non-hydrogen) atoms. The van der Waals surface area contributed by atoms with Crippen LogP contribution in [0, 0.1) is 11.3 Å². The summed E-state index contributed by atoms with van der Waals surface area (Å²) in [6.45, 7) is 2.80. The molecule has 0 aromatic heterocycles. The average Bonchev–Trinajstić information content (AvgIpc) is 3.52. The van der Waals surface area contributed by atoms with Gasteiger partial charge in [0.1, 0.15) is 12.6 Å². The fourth-order valence-electron chi connectivity index (χ4n) is 6.36. The van der Waals surface area contributed by atoms with Crippen molar-refractivity contribution in [2.24, 2.45) is 11.3 Å². The number of hydrogen-bond acceptors (Lipinski definition) is 4. The monoisotopic (exact) mass is 476 g/mol. The Balaban J connectivity index is 1.24. The lowest BCUT2D eigenvalue weighted by atomic mass is 9.81. The number of carboxylic acid groups (broad SMARTS) is 1. The number of amides is 2. The number of carbonyl (C=O) groups excluding carboxylic acids is 2. The second-order valence-electron chi connectivity index (χ2n) is 10.1. The lowest BCUT2D eigenvalue weighted by molar-refractivity contribution is -0.149. The molecule has 2 aliphatic carbocycles. The largest absolute Gasteiger partial charge is 0.481 e. The third-order valence-corrected chi connectivity index (χ3v) is 8.12. The Morgan fingerprint density at radius 3 is 2.37 bits per heavy atom. The Hall–Kier alpha value is -3.35. The smallest absolute Gasteiger partial charge is 0.407 e. The Bertz CT molecular complexity index is 1100. The summed E-state index contributed by atoms with van der Waals surface area (Å²) in [4.78, 5) is 39.8. The lowest BCUT2D eigenvalue weighted by Crippen LogP contribution is -2.49. The molecule has 0 radical (unpaired) electrons. The predicted molar refractivity (Wildman–Crippen MR) is 131 cm³/mol. The second kappa shape index (κ2) is 9.36. The van der Waals surface area contributed by atoms with Crippen molar-refractivity contribution in [2.75, 3.05) is 19.7 Å². The van der Waals surface area contributed by atoms with Crippen molar-refractivity contribution >= 4 is 18.0 Å². The van der Waals surface area contributed by atoms with E-state index in [1.165, 1.54) is 0 Å². The minimum absolute atomic E-state index is 0.0133. The summed E-state index contributed by atoms with van der Waals surface area (Å²) in [7, 11) is 0. The second-order valence-corrected chi connectivity index (χ2v) is 10.1. The molecule has 2 aromatic carbocycles. The molecular weight excluding hydrogens is 444 g/mol. The topological polar surface area (TPSA) is 95.9 Å². The quantitative estimate of drug-likeness (QED) is 0.617. The van der Waals surface area contributed by atoms with Crippen LogP contribution in [0.15, 0.2) is 48.5 Å². The van der Waals surface area contributed by atoms with E-state index in [0.29, 0.717) is 25.8 Å². The van der Waals surface area contributed by atoms with Gasteiger partial charge in [0.05, 0.1) is 5.41 Å². The number of benzene rings is 2. The van der Waals surface area contributed by atoms with Gasteiger partial charge in [-0.3, -0.25) is 9.59 Å². The molecule has 7 heteroatoms. The molecule has 2 aromatic rings. The third kappa shape index (κ3) is 4.07. The number of aliphatic carboxylic acids is 1. The van der Waals surface area contributed by atoms with Crippen LogP contribution in [-0.4, -0.2) is 53.7 Å². The van der Waals surface area contributed by atoms with Gasteiger partial charge in [-0.25, -0.2) is 4.79 Å². The molecule has 0 bridgehead atoms. The molecule has 2 N–H and O–H groups in total. The first kappa shape index (κ1) is 23.4. The highest BCUT2D eigenvalue weighted by Gasteiger charge is 2.56. The van der Waals surface area contributed by atoms with E-state index in [2.05, 4.69) is 29.6 Å². The Morgan fingerprint density at radius 1 is 1.11 bits per heavy atom. The average molecular weight is 477 g/mol. The van der Waals surface area contributed by atoms with Gasteiger partial charge < -0.3 is 20.1 Å². The molecule has 7 nitrogen and oxygen atoms in total. The zero-order valence-electron chi connectivity index (χ0n) is 20.0. The Morgan fingerprint density at radius 2 is 1.77 bits per heavy atom. The maximum absolute atomic E-state index is 13.3. The van der Waals surface area contributed by atoms with Crippen molar-refractivity contribution in [1.29, 1.82) is 0 Å². The first-order valence-electron chi connectivity index (χ1n) is 12.6. The van der Waals surface area contributed by atoms with Gasteiger partial charge in [0.25, 0.3) is 0 Å². The molecule has 3 atom stereocenters. The molecule has 5 rings (SSSR count). The Labute approximate surface area is 205 Å². The molecule has 1 aliphatic heterocycles. The number of nitrogens with zero attached hydrogens (tertiary/aromatic N) is 1. The highest BCUT2D eigenvalue weighted by atomic mass is 16.5. The van der Waals surface area contributed by atoms with Gasteiger partial charge in [-0.15, -0.1) is 0 Å². The highest BCUT2D eigenvalue weighted by molar-refractivity contribution is 5.87. The maximum atomic E-state index is 13.3. The van der Waals surface area contributed by atoms with Crippen molar-refractivity contribution in [3.63, 3.8) is 0 Å². The van der Waals surface area contributed by atoms with Crippen LogP contribution in [0.2, 0.25) is 0 Å². The summed E-state index contributed by atoms with van der Waals surface area (Å²) in [5.41, 5.74) is 3.73. The van der Waals surface area contributed by atoms with Crippen molar-refractivity contribution in [2.45, 2.75) is 51.0 Å². The summed E-state index contributed by atoms with van der Waals surface area (Å²) in [6.07, 6.45) is 2.88. The van der Waals surface area contributed by atoms with Gasteiger partial charge >= 0.3 is 12.1 Å². The molecule has 1 heterocycles. The van der Waals surface area contributed by atoms with E-state index in [1.54, 1.807) is 4.90 Å². The van der Waals surface area contributed by atoms with E-state index < -0.39 is 23.5 Å². The first-order chi connectivity index (χ1) is 16.9. The van der Waals surface area contributed by atoms with Gasteiger partial charge in [-0.2, -0.15) is 0 Å². The fraction of sp³-hybridized carbons (Fsp3) is 0.464. The fourth-order valence-corrected chi connectivity index (χ4v) is 6.36. The van der Waals surface area contributed by atoms with Crippen LogP contribution in [0.3, 0.4) is 0 Å². The van der Waals surface area contributed by atoms with E-state index in [1.807, 2.05) is 31.2 Å². The summed E-state index contributed by atoms with van der Waals surface area (Å²) in [6, 6.07) is 15.6. The van der Waals surface area contributed by atoms with Gasteiger partial charge in [-0.1, -0.05) is 68.3 Å². The van der Waals surface area contributed by atoms with Gasteiger partial charge in [-0.05, 0) is 47.4 Å². The number of carboxylic acids is 1. The van der Waals surface area contributed by atoms with Crippen LogP contribution in [0.1, 0.15) is 56.1 Å². The molecule has 2 unspecified atom stereocenters. The first-order valence-corrected chi connectivity index (χ1v) is 12.6. The summed E-state index contributed by atoms with van der Waals surface area (Å²) < 4.78 is 5.65. The number of likely N-dealkylation sites (tertiary alicyclic amines) is 1. The highest BCUT2D eigenvalue weighted by Crippen LogP contribution is 2.49. The van der Waals surface area contributed by atoms with Crippen molar-refractivity contribution in [3.8, 4) is 11.1 Å². The van der Waals surface area contributed by atoms with Crippen LogP contribution in [-0.2, 0) is 14.3 Å². The number of nitrogens with one attached hydrogen (secondary N) is 1. The third-order valence-electron chi connectivity index (χ3n) is 8.12. The minimum Gasteiger partial charge on any atom is -0.481 e. The number of alkyl carbamates (subject to hydrolysis) is 1. The summed E-state index contributed by atoms with van der Waals surface area (Å²) in [5.74, 6) is -1.09. The summed E-state index contributed by atoms with van der Waals surface area (Å²) in [5, 5.41) is 12.6. The van der Waals surface area contributed by atoms with E-state index in [-0.39, 0.29) is 30.9 Å². The standard InChI is InChI=1S/C28H32N2O5/c1-2-8-24(25(31)30-15-18-9-7-14-28(18,17-30)26(32)33)29-27(34)35-16-23-21-12-5-3-10-19(21)20-11-4-6-13-22(20)23/h3-6,10-13,18,23-24H,2,7-9,14-17H2,1H3,(H,29,34)(H,32,33)/t18?,24-,28?/m0/s1. The zero-order valence-corrected chi connectivity index (χ0v) is 20.0. The molecule has 184 valence electrons. The van der Waals surface area contributed by atoms with Gasteiger partial charge in [0.2, 0.25) is 5.91 Å².